The first kappa shape index (κ1) is 24.4. The van der Waals surface area contributed by atoms with Crippen molar-refractivity contribution in [2.24, 2.45) is 0 Å². The van der Waals surface area contributed by atoms with Crippen LogP contribution in [-0.4, -0.2) is 52.8 Å². The van der Waals surface area contributed by atoms with Gasteiger partial charge in [-0.3, -0.25) is 29.9 Å². The molecular weight excluding hydrogens is 469 g/mol. The van der Waals surface area contributed by atoms with Gasteiger partial charge in [0, 0.05) is 25.2 Å². The van der Waals surface area contributed by atoms with E-state index in [1.807, 2.05) is 25.1 Å². The fraction of sp³-hybridized carbons (Fsp3) is 0.222. The number of nitro benzene ring substituents is 2. The maximum absolute atomic E-state index is 13.3. The largest absolute Gasteiger partial charge is 0.308 e. The molecular formula is C18H17Cl2N5O5S. The molecule has 10 nitrogen and oxygen atoms in total. The summed E-state index contributed by atoms with van der Waals surface area (Å²) < 4.78 is 0.769. The Bertz CT molecular complexity index is 1120. The number of nitro groups is 2. The van der Waals surface area contributed by atoms with Crippen LogP contribution in [0.5, 0.6) is 0 Å². The van der Waals surface area contributed by atoms with Crippen LogP contribution in [0.3, 0.4) is 0 Å². The van der Waals surface area contributed by atoms with Crippen molar-refractivity contribution in [3.63, 3.8) is 0 Å². The van der Waals surface area contributed by atoms with Crippen LogP contribution >= 0.6 is 35.3 Å². The highest BCUT2D eigenvalue weighted by Gasteiger charge is 2.26. The summed E-state index contributed by atoms with van der Waals surface area (Å²) in [6.07, 6.45) is 0. The Morgan fingerprint density at radius 3 is 2.23 bits per heavy atom. The number of anilines is 1. The monoisotopic (exact) mass is 485 g/mol. The Balaban J connectivity index is 0.00000341. The third-order valence-electron chi connectivity index (χ3n) is 4.18. The summed E-state index contributed by atoms with van der Waals surface area (Å²) in [4.78, 5) is 41.8. The first-order valence-electron chi connectivity index (χ1n) is 8.63. The molecule has 1 heterocycles. The van der Waals surface area contributed by atoms with E-state index in [1.54, 1.807) is 12.1 Å². The Morgan fingerprint density at radius 1 is 1.10 bits per heavy atom. The third-order valence-corrected chi connectivity index (χ3v) is 5.53. The van der Waals surface area contributed by atoms with E-state index in [0.717, 1.165) is 22.9 Å². The molecule has 13 heteroatoms. The van der Waals surface area contributed by atoms with Crippen molar-refractivity contribution >= 4 is 68.0 Å². The number of non-ortho nitro benzene ring substituents is 2. The van der Waals surface area contributed by atoms with E-state index in [9.17, 15) is 25.0 Å². The second-order valence-corrected chi connectivity index (χ2v) is 8.01. The summed E-state index contributed by atoms with van der Waals surface area (Å²) in [5, 5.41) is 23.2. The minimum absolute atomic E-state index is 0. The second kappa shape index (κ2) is 9.96. The van der Waals surface area contributed by atoms with Crippen molar-refractivity contribution in [3.8, 4) is 0 Å². The number of hydrogen-bond donors (Lipinski definition) is 0. The lowest BCUT2D eigenvalue weighted by Crippen LogP contribution is -2.36. The highest BCUT2D eigenvalue weighted by atomic mass is 35.5. The highest BCUT2D eigenvalue weighted by molar-refractivity contribution is 7.22. The maximum atomic E-state index is 13.3. The molecule has 0 unspecified atom stereocenters. The van der Waals surface area contributed by atoms with Crippen molar-refractivity contribution in [1.82, 2.24) is 9.88 Å². The predicted molar refractivity (Wildman–Crippen MR) is 122 cm³/mol. The lowest BCUT2D eigenvalue weighted by molar-refractivity contribution is -0.394. The first-order valence-corrected chi connectivity index (χ1v) is 9.82. The Hall–Kier alpha value is -2.86. The van der Waals surface area contributed by atoms with E-state index in [-0.39, 0.29) is 24.5 Å². The highest BCUT2D eigenvalue weighted by Crippen LogP contribution is 2.34. The van der Waals surface area contributed by atoms with Crippen LogP contribution in [-0.2, 0) is 0 Å². The Kier molecular flexibility index (Phi) is 7.85. The minimum Gasteiger partial charge on any atom is -0.308 e. The molecule has 0 N–H and O–H groups in total. The molecule has 31 heavy (non-hydrogen) atoms. The molecule has 0 spiro atoms. The van der Waals surface area contributed by atoms with Crippen molar-refractivity contribution < 1.29 is 14.6 Å². The third kappa shape index (κ3) is 5.44. The molecule has 1 aromatic heterocycles. The number of carbonyl (C=O) groups excluding carboxylic acids is 1. The van der Waals surface area contributed by atoms with E-state index in [0.29, 0.717) is 22.2 Å². The van der Waals surface area contributed by atoms with Crippen LogP contribution < -0.4 is 4.90 Å². The Morgan fingerprint density at radius 2 is 1.71 bits per heavy atom. The molecule has 2 aromatic carbocycles. The van der Waals surface area contributed by atoms with Crippen molar-refractivity contribution in [2.45, 2.75) is 0 Å². The fourth-order valence-corrected chi connectivity index (χ4v) is 3.98. The number of amides is 1. The molecule has 0 saturated heterocycles. The normalized spacial score (nSPS) is 10.7. The molecule has 0 radical (unpaired) electrons. The second-order valence-electron chi connectivity index (χ2n) is 6.60. The van der Waals surface area contributed by atoms with Gasteiger partial charge >= 0.3 is 0 Å². The molecule has 164 valence electrons. The molecule has 0 aliphatic heterocycles. The quantitative estimate of drug-likeness (QED) is 0.358. The predicted octanol–water partition coefficient (Wildman–Crippen LogP) is 4.40. The summed E-state index contributed by atoms with van der Waals surface area (Å²) in [6, 6.07) is 8.13. The summed E-state index contributed by atoms with van der Waals surface area (Å²) >= 11 is 7.43. The number of thiazole rings is 1. The van der Waals surface area contributed by atoms with E-state index >= 15 is 0 Å². The minimum atomic E-state index is -0.772. The number of hydrogen-bond acceptors (Lipinski definition) is 8. The number of nitrogens with zero attached hydrogens (tertiary/aromatic N) is 5. The van der Waals surface area contributed by atoms with Crippen molar-refractivity contribution in [2.75, 3.05) is 32.1 Å². The number of fused-ring (bicyclic) bond motifs is 1. The number of likely N-dealkylation sites (N-methyl/N-ethyl adjacent to an activating group) is 1. The zero-order chi connectivity index (χ0) is 22.0. The number of halogens is 2. The molecule has 0 aliphatic carbocycles. The van der Waals surface area contributed by atoms with Gasteiger partial charge in [0.2, 0.25) is 0 Å². The summed E-state index contributed by atoms with van der Waals surface area (Å²) in [6.45, 7) is 0.701. The molecule has 3 aromatic rings. The van der Waals surface area contributed by atoms with Gasteiger partial charge in [-0.1, -0.05) is 29.0 Å². The SMILES string of the molecule is CN(C)CCN(C(=O)c1cc([N+](=O)[O-])cc([N+](=O)[O-])c1)c1nc2c(Cl)cccc2s1.Cl. The standard InChI is InChI=1S/C18H16ClN5O5S.ClH/c1-21(2)6-7-22(18-20-16-14(19)4-3-5-15(16)30-18)17(25)11-8-12(23(26)27)10-13(9-11)24(28)29;/h3-5,8-10H,6-7H2,1-2H3;1H. The van der Waals surface area contributed by atoms with Crippen LogP contribution in [0.1, 0.15) is 10.4 Å². The first-order chi connectivity index (χ1) is 14.2. The maximum Gasteiger partial charge on any atom is 0.277 e. The summed E-state index contributed by atoms with van der Waals surface area (Å²) in [5.41, 5.74) is -0.702. The van der Waals surface area contributed by atoms with Gasteiger partial charge in [0.05, 0.1) is 31.2 Å². The summed E-state index contributed by atoms with van der Waals surface area (Å²) in [5.74, 6) is -0.626. The zero-order valence-electron chi connectivity index (χ0n) is 16.4. The van der Waals surface area contributed by atoms with Crippen LogP contribution in [0.2, 0.25) is 5.02 Å². The molecule has 0 saturated carbocycles. The van der Waals surface area contributed by atoms with E-state index in [2.05, 4.69) is 4.98 Å². The van der Waals surface area contributed by atoms with Gasteiger partial charge in [0.25, 0.3) is 17.3 Å². The van der Waals surface area contributed by atoms with E-state index in [4.69, 9.17) is 11.6 Å². The smallest absolute Gasteiger partial charge is 0.277 e. The van der Waals surface area contributed by atoms with Gasteiger partial charge in [0.15, 0.2) is 5.13 Å². The molecule has 0 atom stereocenters. The molecule has 0 bridgehead atoms. The van der Waals surface area contributed by atoms with Crippen molar-refractivity contribution in [1.29, 1.82) is 0 Å². The van der Waals surface area contributed by atoms with E-state index in [1.165, 1.54) is 16.2 Å². The number of para-hydroxylation sites is 1. The number of rotatable bonds is 7. The zero-order valence-corrected chi connectivity index (χ0v) is 18.7. The van der Waals surface area contributed by atoms with Crippen LogP contribution in [0, 0.1) is 20.2 Å². The van der Waals surface area contributed by atoms with Crippen LogP contribution in [0.25, 0.3) is 10.2 Å². The van der Waals surface area contributed by atoms with Gasteiger partial charge < -0.3 is 4.90 Å². The average molecular weight is 486 g/mol. The van der Waals surface area contributed by atoms with Crippen LogP contribution in [0.4, 0.5) is 16.5 Å². The lowest BCUT2D eigenvalue weighted by Gasteiger charge is -2.22. The van der Waals surface area contributed by atoms with E-state index < -0.39 is 27.1 Å². The van der Waals surface area contributed by atoms with Gasteiger partial charge in [-0.25, -0.2) is 4.98 Å². The number of benzene rings is 2. The lowest BCUT2D eigenvalue weighted by atomic mass is 10.1. The molecule has 3 rings (SSSR count). The van der Waals surface area contributed by atoms with Gasteiger partial charge in [-0.05, 0) is 26.2 Å². The number of carbonyl (C=O) groups is 1. The van der Waals surface area contributed by atoms with Crippen molar-refractivity contribution in [3.05, 3.63) is 67.2 Å². The van der Waals surface area contributed by atoms with Crippen LogP contribution in [0.15, 0.2) is 36.4 Å². The average Bonchev–Trinajstić information content (AvgIpc) is 3.12. The van der Waals surface area contributed by atoms with Gasteiger partial charge in [-0.15, -0.1) is 12.4 Å². The molecule has 1 amide bonds. The number of aromatic nitrogens is 1. The topological polar surface area (TPSA) is 123 Å². The Labute approximate surface area is 191 Å². The molecule has 0 aliphatic rings. The van der Waals surface area contributed by atoms with Gasteiger partial charge in [0.1, 0.15) is 5.52 Å². The van der Waals surface area contributed by atoms with Gasteiger partial charge in [-0.2, -0.15) is 0 Å². The summed E-state index contributed by atoms with van der Waals surface area (Å²) in [7, 11) is 3.66. The fourth-order valence-electron chi connectivity index (χ4n) is 2.69. The molecule has 0 fully saturated rings.